The highest BCUT2D eigenvalue weighted by atomic mass is 16.3. The fourth-order valence-electron chi connectivity index (χ4n) is 2.07. The van der Waals surface area contributed by atoms with Gasteiger partial charge in [0.15, 0.2) is 0 Å². The first kappa shape index (κ1) is 12.2. The number of hydrogen-bond acceptors (Lipinski definition) is 4. The predicted octanol–water partition coefficient (Wildman–Crippen LogP) is 2.73. The summed E-state index contributed by atoms with van der Waals surface area (Å²) in [6, 6.07) is 13.6. The van der Waals surface area contributed by atoms with Crippen LogP contribution in [0.5, 0.6) is 0 Å². The molecule has 0 aromatic heterocycles. The van der Waals surface area contributed by atoms with E-state index in [9.17, 15) is 14.7 Å². The van der Waals surface area contributed by atoms with Crippen LogP contribution in [0.4, 0.5) is 5.69 Å². The zero-order chi connectivity index (χ0) is 14.1. The molecule has 0 atom stereocenters. The van der Waals surface area contributed by atoms with Crippen molar-refractivity contribution in [1.29, 1.82) is 0 Å². The van der Waals surface area contributed by atoms with Crippen molar-refractivity contribution in [1.82, 2.24) is 0 Å². The zero-order valence-electron chi connectivity index (χ0n) is 10.5. The number of ketones is 2. The molecular weight excluding hydrogens is 254 g/mol. The van der Waals surface area contributed by atoms with Gasteiger partial charge in [-0.3, -0.25) is 9.59 Å². The molecule has 1 aliphatic rings. The van der Waals surface area contributed by atoms with Gasteiger partial charge in [-0.25, -0.2) is 0 Å². The van der Waals surface area contributed by atoms with Crippen molar-refractivity contribution in [3.8, 4) is 0 Å². The van der Waals surface area contributed by atoms with Crippen LogP contribution in [0.15, 0.2) is 66.1 Å². The van der Waals surface area contributed by atoms with Crippen LogP contribution in [0.25, 0.3) is 10.8 Å². The predicted molar refractivity (Wildman–Crippen MR) is 76.4 cm³/mol. The quantitative estimate of drug-likeness (QED) is 0.647. The molecule has 2 N–H and O–H groups in total. The van der Waals surface area contributed by atoms with E-state index in [1.807, 2.05) is 42.5 Å². The minimum absolute atomic E-state index is 0.227. The van der Waals surface area contributed by atoms with E-state index in [0.29, 0.717) is 0 Å². The maximum Gasteiger partial charge on any atom is 0.229 e. The van der Waals surface area contributed by atoms with Crippen molar-refractivity contribution < 1.29 is 14.7 Å². The Hall–Kier alpha value is -2.88. The number of fused-ring (bicyclic) bond motifs is 1. The van der Waals surface area contributed by atoms with Crippen molar-refractivity contribution >= 4 is 28.0 Å². The third-order valence-electron chi connectivity index (χ3n) is 3.09. The molecule has 1 aliphatic carbocycles. The monoisotopic (exact) mass is 265 g/mol. The van der Waals surface area contributed by atoms with Gasteiger partial charge in [0.1, 0.15) is 5.76 Å². The summed E-state index contributed by atoms with van der Waals surface area (Å²) in [5.74, 6) is -1.60. The number of rotatable bonds is 2. The summed E-state index contributed by atoms with van der Waals surface area (Å²) in [5.41, 5.74) is 0.960. The van der Waals surface area contributed by atoms with Gasteiger partial charge in [-0.1, -0.05) is 30.3 Å². The number of carbonyl (C=O) groups excluding carboxylic acids is 2. The molecule has 0 bridgehead atoms. The molecule has 0 unspecified atom stereocenters. The molecule has 4 heteroatoms. The minimum Gasteiger partial charge on any atom is -0.506 e. The third-order valence-corrected chi connectivity index (χ3v) is 3.09. The molecule has 0 aliphatic heterocycles. The molecule has 0 saturated heterocycles. The third kappa shape index (κ3) is 2.19. The Morgan fingerprint density at radius 3 is 2.35 bits per heavy atom. The second-order valence-electron chi connectivity index (χ2n) is 4.50. The van der Waals surface area contributed by atoms with Gasteiger partial charge in [0.25, 0.3) is 0 Å². The molecule has 2 aromatic rings. The van der Waals surface area contributed by atoms with Gasteiger partial charge in [-0.05, 0) is 22.9 Å². The highest BCUT2D eigenvalue weighted by Gasteiger charge is 2.19. The van der Waals surface area contributed by atoms with Crippen LogP contribution in [-0.4, -0.2) is 16.7 Å². The second kappa shape index (κ2) is 4.66. The summed E-state index contributed by atoms with van der Waals surface area (Å²) in [6.07, 6.45) is 2.03. The first-order chi connectivity index (χ1) is 9.63. The first-order valence-corrected chi connectivity index (χ1v) is 6.10. The minimum atomic E-state index is -0.716. The van der Waals surface area contributed by atoms with E-state index >= 15 is 0 Å². The van der Waals surface area contributed by atoms with Gasteiger partial charge in [0.2, 0.25) is 11.6 Å². The van der Waals surface area contributed by atoms with E-state index in [-0.39, 0.29) is 11.5 Å². The van der Waals surface area contributed by atoms with Crippen LogP contribution in [0.1, 0.15) is 0 Å². The molecule has 0 spiro atoms. The molecule has 0 radical (unpaired) electrons. The van der Waals surface area contributed by atoms with Crippen molar-refractivity contribution in [2.45, 2.75) is 0 Å². The number of nitrogens with one attached hydrogen (secondary N) is 1. The molecule has 4 nitrogen and oxygen atoms in total. The maximum absolute atomic E-state index is 11.3. The van der Waals surface area contributed by atoms with Crippen LogP contribution >= 0.6 is 0 Å². The molecule has 20 heavy (non-hydrogen) atoms. The first-order valence-electron chi connectivity index (χ1n) is 6.10. The molecule has 0 heterocycles. The van der Waals surface area contributed by atoms with Gasteiger partial charge in [0, 0.05) is 17.8 Å². The largest absolute Gasteiger partial charge is 0.506 e. The average molecular weight is 265 g/mol. The van der Waals surface area contributed by atoms with E-state index < -0.39 is 11.6 Å². The zero-order valence-corrected chi connectivity index (χ0v) is 10.5. The summed E-state index contributed by atoms with van der Waals surface area (Å²) in [7, 11) is 0. The van der Waals surface area contributed by atoms with Crippen LogP contribution in [0.3, 0.4) is 0 Å². The van der Waals surface area contributed by atoms with Gasteiger partial charge in [-0.2, -0.15) is 0 Å². The molecular formula is C16H11NO3. The number of aliphatic hydroxyl groups excluding tert-OH is 1. The average Bonchev–Trinajstić information content (AvgIpc) is 2.44. The summed E-state index contributed by atoms with van der Waals surface area (Å²) < 4.78 is 0. The van der Waals surface area contributed by atoms with Crippen LogP contribution in [0.2, 0.25) is 0 Å². The Morgan fingerprint density at radius 1 is 0.850 bits per heavy atom. The van der Waals surface area contributed by atoms with Gasteiger partial charge in [0.05, 0.1) is 5.70 Å². The smallest absolute Gasteiger partial charge is 0.229 e. The number of anilines is 1. The Bertz CT molecular complexity index is 787. The van der Waals surface area contributed by atoms with E-state index in [4.69, 9.17) is 0 Å². The van der Waals surface area contributed by atoms with Crippen molar-refractivity contribution in [2.75, 3.05) is 5.32 Å². The van der Waals surface area contributed by atoms with E-state index in [1.165, 1.54) is 0 Å². The number of allylic oxidation sites excluding steroid dienone is 2. The molecule has 2 aromatic carbocycles. The van der Waals surface area contributed by atoms with Crippen LogP contribution < -0.4 is 5.32 Å². The standard InChI is InChI=1S/C16H11NO3/c18-14-9-16(20)15(19)8-13(14)17-12-6-5-10-3-1-2-4-11(10)7-12/h1-9,17-18H. The number of aliphatic hydroxyl groups is 1. The molecule has 0 fully saturated rings. The summed E-state index contributed by atoms with van der Waals surface area (Å²) in [4.78, 5) is 22.5. The number of hydrogen-bond donors (Lipinski definition) is 2. The topological polar surface area (TPSA) is 66.4 Å². The number of benzene rings is 2. The lowest BCUT2D eigenvalue weighted by Gasteiger charge is -2.13. The SMILES string of the molecule is O=C1C=C(O)C(Nc2ccc3ccccc3c2)=CC1=O. The lowest BCUT2D eigenvalue weighted by Crippen LogP contribution is -2.18. The summed E-state index contributed by atoms with van der Waals surface area (Å²) in [5, 5.41) is 14.8. The normalized spacial score (nSPS) is 15.0. The van der Waals surface area contributed by atoms with E-state index in [1.54, 1.807) is 0 Å². The lowest BCUT2D eigenvalue weighted by molar-refractivity contribution is -0.131. The van der Waals surface area contributed by atoms with Crippen molar-refractivity contribution in [2.24, 2.45) is 0 Å². The van der Waals surface area contributed by atoms with Crippen LogP contribution in [-0.2, 0) is 9.59 Å². The molecule has 0 amide bonds. The van der Waals surface area contributed by atoms with Gasteiger partial charge in [-0.15, -0.1) is 0 Å². The summed E-state index contributed by atoms with van der Waals surface area (Å²) in [6.45, 7) is 0. The summed E-state index contributed by atoms with van der Waals surface area (Å²) >= 11 is 0. The Morgan fingerprint density at radius 2 is 1.55 bits per heavy atom. The fourth-order valence-corrected chi connectivity index (χ4v) is 2.07. The van der Waals surface area contributed by atoms with E-state index in [2.05, 4.69) is 5.32 Å². The number of carbonyl (C=O) groups is 2. The van der Waals surface area contributed by atoms with Gasteiger partial charge < -0.3 is 10.4 Å². The van der Waals surface area contributed by atoms with Crippen molar-refractivity contribution in [3.63, 3.8) is 0 Å². The fraction of sp³-hybridized carbons (Fsp3) is 0. The van der Waals surface area contributed by atoms with E-state index in [0.717, 1.165) is 28.6 Å². The maximum atomic E-state index is 11.3. The Balaban J connectivity index is 1.93. The Kier molecular flexibility index (Phi) is 2.84. The lowest BCUT2D eigenvalue weighted by atomic mass is 10.1. The second-order valence-corrected chi connectivity index (χ2v) is 4.50. The molecule has 98 valence electrons. The van der Waals surface area contributed by atoms with Crippen molar-refractivity contribution in [3.05, 3.63) is 66.1 Å². The van der Waals surface area contributed by atoms with Gasteiger partial charge >= 0.3 is 0 Å². The molecule has 0 saturated carbocycles. The highest BCUT2D eigenvalue weighted by Crippen LogP contribution is 2.22. The van der Waals surface area contributed by atoms with Crippen LogP contribution in [0, 0.1) is 0 Å². The molecule has 3 rings (SSSR count). The highest BCUT2D eigenvalue weighted by molar-refractivity contribution is 6.46. The Labute approximate surface area is 115 Å².